The van der Waals surface area contributed by atoms with Crippen LogP contribution in [0.1, 0.15) is 42.9 Å². The molecule has 0 heterocycles. The summed E-state index contributed by atoms with van der Waals surface area (Å²) in [6, 6.07) is 15.3. The Balaban J connectivity index is 1.88. The second-order valence-corrected chi connectivity index (χ2v) is 6.22. The van der Waals surface area contributed by atoms with Crippen LogP contribution in [0.3, 0.4) is 0 Å². The molecule has 0 aromatic heterocycles. The summed E-state index contributed by atoms with van der Waals surface area (Å²) in [5.41, 5.74) is 3.73. The molecule has 0 spiro atoms. The maximum Gasteiger partial charge on any atom is 0.307 e. The molecule has 0 saturated heterocycles. The summed E-state index contributed by atoms with van der Waals surface area (Å²) in [7, 11) is 0. The maximum atomic E-state index is 12.1. The lowest BCUT2D eigenvalue weighted by molar-refractivity contribution is -0.136. The van der Waals surface area contributed by atoms with E-state index in [1.54, 1.807) is 24.3 Å². The van der Waals surface area contributed by atoms with Crippen molar-refractivity contribution in [3.05, 3.63) is 65.2 Å². The van der Waals surface area contributed by atoms with Crippen LogP contribution >= 0.6 is 0 Å². The second-order valence-electron chi connectivity index (χ2n) is 6.22. The molecule has 0 unspecified atom stereocenters. The van der Waals surface area contributed by atoms with Crippen LogP contribution < -0.4 is 5.32 Å². The minimum Gasteiger partial charge on any atom is -0.481 e. The van der Waals surface area contributed by atoms with E-state index in [1.165, 1.54) is 5.56 Å². The zero-order valence-corrected chi connectivity index (χ0v) is 14.1. The summed E-state index contributed by atoms with van der Waals surface area (Å²) in [5, 5.41) is 11.6. The largest absolute Gasteiger partial charge is 0.481 e. The summed E-state index contributed by atoms with van der Waals surface area (Å²) in [6.07, 6.45) is 1.02. The van der Waals surface area contributed by atoms with Gasteiger partial charge in [-0.3, -0.25) is 9.59 Å². The van der Waals surface area contributed by atoms with Gasteiger partial charge in [-0.1, -0.05) is 50.2 Å². The highest BCUT2D eigenvalue weighted by Crippen LogP contribution is 2.16. The van der Waals surface area contributed by atoms with Crippen LogP contribution in [0, 0.1) is 0 Å². The molecule has 126 valence electrons. The smallest absolute Gasteiger partial charge is 0.307 e. The summed E-state index contributed by atoms with van der Waals surface area (Å²) in [4.78, 5) is 22.8. The van der Waals surface area contributed by atoms with Gasteiger partial charge < -0.3 is 10.4 Å². The quantitative estimate of drug-likeness (QED) is 0.808. The number of nitrogens with one attached hydrogen (secondary N) is 1. The Morgan fingerprint density at radius 2 is 1.75 bits per heavy atom. The number of carboxylic acids is 1. The van der Waals surface area contributed by atoms with Crippen LogP contribution in [0.2, 0.25) is 0 Å². The molecule has 0 aliphatic carbocycles. The fraction of sp³-hybridized carbons (Fsp3) is 0.300. The van der Waals surface area contributed by atoms with E-state index in [2.05, 4.69) is 43.4 Å². The van der Waals surface area contributed by atoms with Gasteiger partial charge in [0.1, 0.15) is 0 Å². The number of anilines is 1. The topological polar surface area (TPSA) is 66.4 Å². The number of hydrogen-bond acceptors (Lipinski definition) is 2. The first-order valence-corrected chi connectivity index (χ1v) is 8.13. The Morgan fingerprint density at radius 3 is 2.38 bits per heavy atom. The fourth-order valence-corrected chi connectivity index (χ4v) is 2.48. The summed E-state index contributed by atoms with van der Waals surface area (Å²) in [5.74, 6) is -0.459. The van der Waals surface area contributed by atoms with Gasteiger partial charge in [0, 0.05) is 12.1 Å². The summed E-state index contributed by atoms with van der Waals surface area (Å²) >= 11 is 0. The third kappa shape index (κ3) is 5.54. The monoisotopic (exact) mass is 325 g/mol. The van der Waals surface area contributed by atoms with Gasteiger partial charge >= 0.3 is 5.97 Å². The minimum absolute atomic E-state index is 0.0497. The molecule has 2 aromatic carbocycles. The van der Waals surface area contributed by atoms with Crippen LogP contribution in [-0.2, 0) is 22.4 Å². The van der Waals surface area contributed by atoms with E-state index in [4.69, 9.17) is 5.11 Å². The van der Waals surface area contributed by atoms with Gasteiger partial charge in [-0.25, -0.2) is 0 Å². The molecule has 0 saturated carbocycles. The molecule has 4 nitrogen and oxygen atoms in total. The third-order valence-corrected chi connectivity index (χ3v) is 3.85. The summed E-state index contributed by atoms with van der Waals surface area (Å²) in [6.45, 7) is 4.31. The van der Waals surface area contributed by atoms with E-state index in [9.17, 15) is 9.59 Å². The Labute approximate surface area is 142 Å². The van der Waals surface area contributed by atoms with E-state index >= 15 is 0 Å². The molecule has 0 aliphatic rings. The molecule has 1 amide bonds. The maximum absolute atomic E-state index is 12.1. The van der Waals surface area contributed by atoms with Gasteiger partial charge in [0.05, 0.1) is 6.42 Å². The number of rotatable bonds is 7. The van der Waals surface area contributed by atoms with Crippen molar-refractivity contribution >= 4 is 17.6 Å². The Bertz CT molecular complexity index is 705. The van der Waals surface area contributed by atoms with E-state index in [0.29, 0.717) is 30.0 Å². The number of carboxylic acid groups (broad SMARTS) is 1. The lowest BCUT2D eigenvalue weighted by atomic mass is 10.0. The van der Waals surface area contributed by atoms with Crippen molar-refractivity contribution in [2.45, 2.75) is 39.0 Å². The number of benzene rings is 2. The number of carbonyl (C=O) groups is 2. The van der Waals surface area contributed by atoms with Crippen LogP contribution in [0.15, 0.2) is 48.5 Å². The molecule has 2 rings (SSSR count). The first-order chi connectivity index (χ1) is 11.4. The zero-order valence-electron chi connectivity index (χ0n) is 14.1. The highest BCUT2D eigenvalue weighted by molar-refractivity contribution is 5.91. The van der Waals surface area contributed by atoms with Gasteiger partial charge in [-0.15, -0.1) is 0 Å². The molecule has 0 atom stereocenters. The SMILES string of the molecule is CC(C)c1ccc(CCC(=O)Nc2cccc(CC(=O)O)c2)cc1. The molecule has 0 radical (unpaired) electrons. The number of aliphatic carboxylic acids is 1. The first kappa shape index (κ1) is 17.7. The molecule has 0 bridgehead atoms. The van der Waals surface area contributed by atoms with Crippen molar-refractivity contribution < 1.29 is 14.7 Å². The van der Waals surface area contributed by atoms with Crippen LogP contribution in [0.25, 0.3) is 0 Å². The fourth-order valence-electron chi connectivity index (χ4n) is 2.48. The third-order valence-electron chi connectivity index (χ3n) is 3.85. The summed E-state index contributed by atoms with van der Waals surface area (Å²) < 4.78 is 0. The second kappa shape index (κ2) is 8.29. The van der Waals surface area contributed by atoms with Crippen molar-refractivity contribution in [2.24, 2.45) is 0 Å². The molecule has 0 aliphatic heterocycles. The van der Waals surface area contributed by atoms with Gasteiger partial charge in [-0.2, -0.15) is 0 Å². The average molecular weight is 325 g/mol. The number of aryl methyl sites for hydroxylation is 1. The Morgan fingerprint density at radius 1 is 1.04 bits per heavy atom. The van der Waals surface area contributed by atoms with Crippen molar-refractivity contribution in [1.29, 1.82) is 0 Å². The Hall–Kier alpha value is -2.62. The van der Waals surface area contributed by atoms with E-state index in [1.807, 2.05) is 0 Å². The lowest BCUT2D eigenvalue weighted by Gasteiger charge is -2.08. The van der Waals surface area contributed by atoms with Crippen LogP contribution in [0.5, 0.6) is 0 Å². The number of carbonyl (C=O) groups excluding carboxylic acids is 1. The predicted octanol–water partition coefficient (Wildman–Crippen LogP) is 4.01. The molecule has 2 N–H and O–H groups in total. The van der Waals surface area contributed by atoms with Crippen LogP contribution in [-0.4, -0.2) is 17.0 Å². The van der Waals surface area contributed by atoms with E-state index in [0.717, 1.165) is 5.56 Å². The molecular weight excluding hydrogens is 302 g/mol. The Kier molecular flexibility index (Phi) is 6.13. The minimum atomic E-state index is -0.886. The van der Waals surface area contributed by atoms with Gasteiger partial charge in [-0.05, 0) is 41.2 Å². The highest BCUT2D eigenvalue weighted by atomic mass is 16.4. The lowest BCUT2D eigenvalue weighted by Crippen LogP contribution is -2.12. The van der Waals surface area contributed by atoms with Crippen molar-refractivity contribution in [1.82, 2.24) is 0 Å². The normalized spacial score (nSPS) is 10.6. The molecule has 2 aromatic rings. The van der Waals surface area contributed by atoms with Gasteiger partial charge in [0.2, 0.25) is 5.91 Å². The molecule has 0 fully saturated rings. The van der Waals surface area contributed by atoms with Crippen molar-refractivity contribution in [2.75, 3.05) is 5.32 Å². The average Bonchev–Trinajstić information content (AvgIpc) is 2.53. The standard InChI is InChI=1S/C20H23NO3/c1-14(2)17-9-6-15(7-10-17)8-11-19(22)21-18-5-3-4-16(12-18)13-20(23)24/h3-7,9-10,12,14H,8,11,13H2,1-2H3,(H,21,22)(H,23,24). The molecule has 4 heteroatoms. The van der Waals surface area contributed by atoms with Crippen molar-refractivity contribution in [3.8, 4) is 0 Å². The molecular formula is C20H23NO3. The van der Waals surface area contributed by atoms with Crippen LogP contribution in [0.4, 0.5) is 5.69 Å². The van der Waals surface area contributed by atoms with E-state index in [-0.39, 0.29) is 12.3 Å². The zero-order chi connectivity index (χ0) is 17.5. The predicted molar refractivity (Wildman–Crippen MR) is 95.3 cm³/mol. The van der Waals surface area contributed by atoms with E-state index < -0.39 is 5.97 Å². The first-order valence-electron chi connectivity index (χ1n) is 8.13. The van der Waals surface area contributed by atoms with Crippen molar-refractivity contribution in [3.63, 3.8) is 0 Å². The van der Waals surface area contributed by atoms with Gasteiger partial charge in [0.15, 0.2) is 0 Å². The number of amides is 1. The number of hydrogen-bond donors (Lipinski definition) is 2. The molecule has 24 heavy (non-hydrogen) atoms. The van der Waals surface area contributed by atoms with Gasteiger partial charge in [0.25, 0.3) is 0 Å². The highest BCUT2D eigenvalue weighted by Gasteiger charge is 2.06.